The zero-order valence-electron chi connectivity index (χ0n) is 16.1. The lowest BCUT2D eigenvalue weighted by atomic mass is 9.74. The summed E-state index contributed by atoms with van der Waals surface area (Å²) in [4.78, 5) is 12.7. The van der Waals surface area contributed by atoms with Gasteiger partial charge in [-0.25, -0.2) is 0 Å². The molecular formula is C21H30N4O. The molecule has 3 rings (SSSR count). The summed E-state index contributed by atoms with van der Waals surface area (Å²) in [6.45, 7) is 7.33. The molecule has 1 fully saturated rings. The smallest absolute Gasteiger partial charge is 0.225 e. The summed E-state index contributed by atoms with van der Waals surface area (Å²) in [5, 5.41) is 7.78. The first-order chi connectivity index (χ1) is 12.4. The number of hydrogen-bond acceptors (Lipinski definition) is 3. The number of aromatic nitrogens is 2. The van der Waals surface area contributed by atoms with Gasteiger partial charge in [0.2, 0.25) is 5.91 Å². The summed E-state index contributed by atoms with van der Waals surface area (Å²) >= 11 is 0. The second-order valence-electron chi connectivity index (χ2n) is 7.81. The van der Waals surface area contributed by atoms with Crippen LogP contribution in [0.3, 0.4) is 0 Å². The van der Waals surface area contributed by atoms with Crippen molar-refractivity contribution < 1.29 is 4.79 Å². The fourth-order valence-electron chi connectivity index (χ4n) is 3.99. The van der Waals surface area contributed by atoms with Gasteiger partial charge in [-0.2, -0.15) is 5.10 Å². The molecule has 1 saturated carbocycles. The van der Waals surface area contributed by atoms with Crippen LogP contribution in [0, 0.1) is 19.8 Å². The predicted octanol–water partition coefficient (Wildman–Crippen LogP) is 3.07. The molecule has 2 atom stereocenters. The fourth-order valence-corrected chi connectivity index (χ4v) is 3.99. The van der Waals surface area contributed by atoms with E-state index in [1.54, 1.807) is 0 Å². The minimum absolute atomic E-state index is 0.0734. The number of aryl methyl sites for hydroxylation is 1. The largest absolute Gasteiger partial charge is 0.352 e. The Balaban J connectivity index is 1.67. The van der Waals surface area contributed by atoms with Crippen molar-refractivity contribution >= 4 is 5.91 Å². The molecule has 0 spiro atoms. The SMILES string of the molecule is Cc1nn(Cc2ccccc2)c(C)c1CNC(=O)C1CCCCC1(C)N. The second kappa shape index (κ2) is 7.62. The van der Waals surface area contributed by atoms with Crippen LogP contribution >= 0.6 is 0 Å². The third-order valence-corrected chi connectivity index (χ3v) is 5.72. The number of nitrogens with two attached hydrogens (primary N) is 1. The summed E-state index contributed by atoms with van der Waals surface area (Å²) in [5.41, 5.74) is 10.4. The Kier molecular flexibility index (Phi) is 5.47. The molecule has 140 valence electrons. The van der Waals surface area contributed by atoms with E-state index in [9.17, 15) is 4.79 Å². The van der Waals surface area contributed by atoms with Gasteiger partial charge in [0.05, 0.1) is 18.2 Å². The minimum atomic E-state index is -0.399. The third-order valence-electron chi connectivity index (χ3n) is 5.72. The van der Waals surface area contributed by atoms with Gasteiger partial charge in [-0.1, -0.05) is 43.2 Å². The molecule has 5 nitrogen and oxygen atoms in total. The molecule has 0 radical (unpaired) electrons. The molecule has 1 aliphatic rings. The molecule has 1 aliphatic carbocycles. The molecule has 1 amide bonds. The summed E-state index contributed by atoms with van der Waals surface area (Å²) in [6.07, 6.45) is 3.99. The maximum atomic E-state index is 12.7. The average molecular weight is 354 g/mol. The number of carbonyl (C=O) groups excluding carboxylic acids is 1. The molecular weight excluding hydrogens is 324 g/mol. The summed E-state index contributed by atoms with van der Waals surface area (Å²) in [5.74, 6) is -0.0273. The van der Waals surface area contributed by atoms with Gasteiger partial charge in [0.1, 0.15) is 0 Å². The Labute approximate surface area is 156 Å². The standard InChI is InChI=1S/C21H30N4O/c1-15-18(13-23-20(26)19-11-7-8-12-21(19,3)22)16(2)25(24-15)14-17-9-5-4-6-10-17/h4-6,9-10,19H,7-8,11-14,22H2,1-3H3,(H,23,26). The monoisotopic (exact) mass is 354 g/mol. The Hall–Kier alpha value is -2.14. The van der Waals surface area contributed by atoms with Crippen molar-refractivity contribution in [1.82, 2.24) is 15.1 Å². The number of hydrogen-bond donors (Lipinski definition) is 2. The molecule has 1 heterocycles. The topological polar surface area (TPSA) is 72.9 Å². The number of nitrogens with zero attached hydrogens (tertiary/aromatic N) is 2. The molecule has 5 heteroatoms. The number of benzene rings is 1. The van der Waals surface area contributed by atoms with Crippen molar-refractivity contribution in [3.8, 4) is 0 Å². The van der Waals surface area contributed by atoms with Crippen molar-refractivity contribution in [2.75, 3.05) is 0 Å². The van der Waals surface area contributed by atoms with E-state index < -0.39 is 5.54 Å². The zero-order chi connectivity index (χ0) is 18.7. The van der Waals surface area contributed by atoms with Crippen LogP contribution in [-0.4, -0.2) is 21.2 Å². The first-order valence-electron chi connectivity index (χ1n) is 9.52. The van der Waals surface area contributed by atoms with Crippen molar-refractivity contribution in [3.63, 3.8) is 0 Å². The van der Waals surface area contributed by atoms with Gasteiger partial charge in [0.25, 0.3) is 0 Å². The fraction of sp³-hybridized carbons (Fsp3) is 0.524. The molecule has 3 N–H and O–H groups in total. The van der Waals surface area contributed by atoms with Crippen molar-refractivity contribution in [2.45, 2.75) is 65.1 Å². The third kappa shape index (κ3) is 3.98. The molecule has 0 aliphatic heterocycles. The van der Waals surface area contributed by atoms with Crippen LogP contribution < -0.4 is 11.1 Å². The van der Waals surface area contributed by atoms with Crippen LogP contribution in [0.1, 0.15) is 55.1 Å². The Morgan fingerprint density at radius 2 is 2.04 bits per heavy atom. The molecule has 1 aromatic carbocycles. The number of nitrogens with one attached hydrogen (secondary N) is 1. The lowest BCUT2D eigenvalue weighted by Gasteiger charge is -2.37. The van der Waals surface area contributed by atoms with E-state index in [1.165, 1.54) is 5.56 Å². The van der Waals surface area contributed by atoms with Crippen LogP contribution in [0.4, 0.5) is 0 Å². The van der Waals surface area contributed by atoms with E-state index in [-0.39, 0.29) is 11.8 Å². The lowest BCUT2D eigenvalue weighted by Crippen LogP contribution is -2.52. The summed E-state index contributed by atoms with van der Waals surface area (Å²) in [6, 6.07) is 10.3. The molecule has 1 aromatic heterocycles. The van der Waals surface area contributed by atoms with E-state index in [4.69, 9.17) is 5.73 Å². The highest BCUT2D eigenvalue weighted by atomic mass is 16.1. The highest BCUT2D eigenvalue weighted by molar-refractivity contribution is 5.80. The van der Waals surface area contributed by atoms with Gasteiger partial charge >= 0.3 is 0 Å². The van der Waals surface area contributed by atoms with Crippen molar-refractivity contribution in [2.24, 2.45) is 11.7 Å². The molecule has 0 saturated heterocycles. The first kappa shape index (κ1) is 18.6. The highest BCUT2D eigenvalue weighted by Crippen LogP contribution is 2.31. The van der Waals surface area contributed by atoms with E-state index in [2.05, 4.69) is 29.5 Å². The highest BCUT2D eigenvalue weighted by Gasteiger charge is 2.37. The van der Waals surface area contributed by atoms with Crippen LogP contribution in [0.15, 0.2) is 30.3 Å². The normalized spacial score (nSPS) is 23.0. The second-order valence-corrected chi connectivity index (χ2v) is 7.81. The summed E-state index contributed by atoms with van der Waals surface area (Å²) in [7, 11) is 0. The molecule has 2 unspecified atom stereocenters. The average Bonchev–Trinajstić information content (AvgIpc) is 2.87. The maximum Gasteiger partial charge on any atom is 0.225 e. The molecule has 26 heavy (non-hydrogen) atoms. The predicted molar refractivity (Wildman–Crippen MR) is 104 cm³/mol. The van der Waals surface area contributed by atoms with E-state index in [0.29, 0.717) is 6.54 Å². The van der Waals surface area contributed by atoms with Gasteiger partial charge in [0.15, 0.2) is 0 Å². The number of rotatable bonds is 5. The van der Waals surface area contributed by atoms with Crippen LogP contribution in [0.2, 0.25) is 0 Å². The van der Waals surface area contributed by atoms with Crippen LogP contribution in [0.25, 0.3) is 0 Å². The molecule has 2 aromatic rings. The quantitative estimate of drug-likeness (QED) is 0.867. The van der Waals surface area contributed by atoms with Crippen molar-refractivity contribution in [3.05, 3.63) is 52.8 Å². The Bertz CT molecular complexity index is 764. The minimum Gasteiger partial charge on any atom is -0.352 e. The first-order valence-corrected chi connectivity index (χ1v) is 9.52. The van der Waals surface area contributed by atoms with E-state index in [0.717, 1.165) is 49.2 Å². The van der Waals surface area contributed by atoms with Crippen LogP contribution in [-0.2, 0) is 17.9 Å². The number of amides is 1. The van der Waals surface area contributed by atoms with Gasteiger partial charge in [-0.05, 0) is 39.2 Å². The van der Waals surface area contributed by atoms with Crippen molar-refractivity contribution in [1.29, 1.82) is 0 Å². The van der Waals surface area contributed by atoms with E-state index in [1.807, 2.05) is 36.7 Å². The number of carbonyl (C=O) groups is 1. The summed E-state index contributed by atoms with van der Waals surface area (Å²) < 4.78 is 2.01. The van der Waals surface area contributed by atoms with Gasteiger partial charge in [-0.15, -0.1) is 0 Å². The maximum absolute atomic E-state index is 12.7. The Morgan fingerprint density at radius 1 is 1.31 bits per heavy atom. The zero-order valence-corrected chi connectivity index (χ0v) is 16.1. The van der Waals surface area contributed by atoms with E-state index >= 15 is 0 Å². The lowest BCUT2D eigenvalue weighted by molar-refractivity contribution is -0.128. The molecule has 0 bridgehead atoms. The Morgan fingerprint density at radius 3 is 2.73 bits per heavy atom. The van der Waals surface area contributed by atoms with Gasteiger partial charge in [0, 0.05) is 23.3 Å². The van der Waals surface area contributed by atoms with Gasteiger partial charge in [-0.3, -0.25) is 9.48 Å². The van der Waals surface area contributed by atoms with Crippen LogP contribution in [0.5, 0.6) is 0 Å². The van der Waals surface area contributed by atoms with Gasteiger partial charge < -0.3 is 11.1 Å².